The molecule has 0 saturated heterocycles. The molecule has 1 aliphatic heterocycles. The van der Waals surface area contributed by atoms with Gasteiger partial charge in [0.2, 0.25) is 5.91 Å². The Morgan fingerprint density at radius 2 is 2.00 bits per heavy atom. The van der Waals surface area contributed by atoms with E-state index in [1.54, 1.807) is 17.8 Å². The van der Waals surface area contributed by atoms with Gasteiger partial charge in [0, 0.05) is 10.6 Å². The van der Waals surface area contributed by atoms with E-state index in [9.17, 15) is 9.18 Å². The van der Waals surface area contributed by atoms with E-state index in [4.69, 9.17) is 5.73 Å². The van der Waals surface area contributed by atoms with Crippen LogP contribution in [-0.2, 0) is 4.79 Å². The van der Waals surface area contributed by atoms with E-state index < -0.39 is 6.04 Å². The summed E-state index contributed by atoms with van der Waals surface area (Å²) < 4.78 is 13.5. The average molecular weight is 367 g/mol. The predicted octanol–water partition coefficient (Wildman–Crippen LogP) is 3.91. The van der Waals surface area contributed by atoms with Crippen LogP contribution in [0.1, 0.15) is 35.2 Å². The van der Waals surface area contributed by atoms with Crippen LogP contribution in [0.25, 0.3) is 0 Å². The number of thioether (sulfide) groups is 1. The first-order chi connectivity index (χ1) is 11.0. The van der Waals surface area contributed by atoms with Gasteiger partial charge in [-0.1, -0.05) is 29.8 Å². The van der Waals surface area contributed by atoms with E-state index in [1.165, 1.54) is 12.1 Å². The maximum atomic E-state index is 13.5. The van der Waals surface area contributed by atoms with E-state index >= 15 is 0 Å². The molecular formula is C18H20ClFN2OS. The monoisotopic (exact) mass is 366 g/mol. The van der Waals surface area contributed by atoms with Gasteiger partial charge in [0.15, 0.2) is 0 Å². The second-order valence-electron chi connectivity index (χ2n) is 5.77. The molecule has 2 aromatic rings. The Balaban J connectivity index is 0.00000208. The van der Waals surface area contributed by atoms with Gasteiger partial charge in [-0.3, -0.25) is 4.79 Å². The molecule has 2 aromatic carbocycles. The lowest BCUT2D eigenvalue weighted by Crippen LogP contribution is -2.37. The van der Waals surface area contributed by atoms with Crippen molar-refractivity contribution in [3.05, 3.63) is 65.0 Å². The molecule has 0 fully saturated rings. The van der Waals surface area contributed by atoms with Crippen molar-refractivity contribution in [2.45, 2.75) is 30.3 Å². The van der Waals surface area contributed by atoms with Gasteiger partial charge in [-0.2, -0.15) is 0 Å². The van der Waals surface area contributed by atoms with Crippen LogP contribution < -0.4 is 11.1 Å². The minimum Gasteiger partial charge on any atom is -0.348 e. The summed E-state index contributed by atoms with van der Waals surface area (Å²) in [5.41, 5.74) is 8.80. The third-order valence-electron chi connectivity index (χ3n) is 4.05. The topological polar surface area (TPSA) is 55.1 Å². The van der Waals surface area contributed by atoms with Crippen molar-refractivity contribution in [3.63, 3.8) is 0 Å². The van der Waals surface area contributed by atoms with Crippen molar-refractivity contribution in [3.8, 4) is 0 Å². The van der Waals surface area contributed by atoms with Crippen LogP contribution in [0.2, 0.25) is 0 Å². The predicted molar refractivity (Wildman–Crippen MR) is 98.0 cm³/mol. The molecule has 0 bridgehead atoms. The van der Waals surface area contributed by atoms with E-state index in [1.807, 2.05) is 31.2 Å². The molecule has 1 amide bonds. The lowest BCUT2D eigenvalue weighted by molar-refractivity contribution is -0.123. The maximum Gasteiger partial charge on any atom is 0.241 e. The Morgan fingerprint density at radius 3 is 2.71 bits per heavy atom. The normalized spacial score (nSPS) is 17.4. The van der Waals surface area contributed by atoms with Crippen molar-refractivity contribution in [2.75, 3.05) is 5.75 Å². The molecule has 128 valence electrons. The zero-order chi connectivity index (χ0) is 16.4. The lowest BCUT2D eigenvalue weighted by Gasteiger charge is -2.27. The van der Waals surface area contributed by atoms with Crippen molar-refractivity contribution in [1.82, 2.24) is 5.32 Å². The third-order valence-corrected chi connectivity index (χ3v) is 5.17. The summed E-state index contributed by atoms with van der Waals surface area (Å²) >= 11 is 1.69. The summed E-state index contributed by atoms with van der Waals surface area (Å²) in [5, 5.41) is 2.97. The Morgan fingerprint density at radius 1 is 1.29 bits per heavy atom. The van der Waals surface area contributed by atoms with Crippen LogP contribution in [0.4, 0.5) is 4.39 Å². The molecule has 0 radical (unpaired) electrons. The summed E-state index contributed by atoms with van der Waals surface area (Å²) in [6, 6.07) is 11.4. The molecule has 3 N–H and O–H groups in total. The zero-order valence-corrected chi connectivity index (χ0v) is 14.9. The van der Waals surface area contributed by atoms with Gasteiger partial charge in [-0.15, -0.1) is 24.2 Å². The molecule has 1 heterocycles. The first-order valence-electron chi connectivity index (χ1n) is 7.59. The first kappa shape index (κ1) is 18.8. The summed E-state index contributed by atoms with van der Waals surface area (Å²) in [6.07, 6.45) is 0.771. The van der Waals surface area contributed by atoms with E-state index in [0.717, 1.165) is 33.8 Å². The summed E-state index contributed by atoms with van der Waals surface area (Å²) in [6.45, 7) is 1.99. The van der Waals surface area contributed by atoms with E-state index in [0.29, 0.717) is 0 Å². The molecule has 6 heteroatoms. The van der Waals surface area contributed by atoms with Gasteiger partial charge >= 0.3 is 0 Å². The number of rotatable bonds is 3. The highest BCUT2D eigenvalue weighted by Crippen LogP contribution is 2.36. The molecule has 0 aromatic heterocycles. The summed E-state index contributed by atoms with van der Waals surface area (Å²) in [5.74, 6) is 0.373. The van der Waals surface area contributed by atoms with Gasteiger partial charge in [-0.25, -0.2) is 4.39 Å². The van der Waals surface area contributed by atoms with Crippen LogP contribution in [0, 0.1) is 12.7 Å². The molecule has 24 heavy (non-hydrogen) atoms. The van der Waals surface area contributed by atoms with Gasteiger partial charge in [0.1, 0.15) is 11.9 Å². The highest BCUT2D eigenvalue weighted by Gasteiger charge is 2.25. The van der Waals surface area contributed by atoms with Gasteiger partial charge in [-0.05, 0) is 42.7 Å². The van der Waals surface area contributed by atoms with E-state index in [-0.39, 0.29) is 30.2 Å². The number of aryl methyl sites for hydroxylation is 1. The molecule has 0 aliphatic carbocycles. The molecule has 3 nitrogen and oxygen atoms in total. The van der Waals surface area contributed by atoms with Gasteiger partial charge < -0.3 is 11.1 Å². The number of halogens is 2. The SMILES string of the molecule is Cc1ccc(C(N)C(=O)NC2CCSc3ccc(F)cc32)cc1.Cl. The number of carbonyl (C=O) groups is 1. The average Bonchev–Trinajstić information content (AvgIpc) is 2.55. The van der Waals surface area contributed by atoms with Crippen molar-refractivity contribution in [2.24, 2.45) is 5.73 Å². The number of amides is 1. The molecule has 3 rings (SSSR count). The number of benzene rings is 2. The van der Waals surface area contributed by atoms with Crippen molar-refractivity contribution < 1.29 is 9.18 Å². The highest BCUT2D eigenvalue weighted by atomic mass is 35.5. The van der Waals surface area contributed by atoms with Gasteiger partial charge in [0.25, 0.3) is 0 Å². The largest absolute Gasteiger partial charge is 0.348 e. The van der Waals surface area contributed by atoms with Crippen LogP contribution in [0.5, 0.6) is 0 Å². The smallest absolute Gasteiger partial charge is 0.241 e. The molecule has 2 atom stereocenters. The highest BCUT2D eigenvalue weighted by molar-refractivity contribution is 7.99. The molecule has 2 unspecified atom stereocenters. The van der Waals surface area contributed by atoms with Crippen molar-refractivity contribution >= 4 is 30.1 Å². The number of hydrogen-bond acceptors (Lipinski definition) is 3. The number of nitrogens with two attached hydrogens (primary N) is 1. The molecule has 0 saturated carbocycles. The number of hydrogen-bond donors (Lipinski definition) is 2. The minimum atomic E-state index is -0.720. The fourth-order valence-electron chi connectivity index (χ4n) is 2.70. The molecular weight excluding hydrogens is 347 g/mol. The van der Waals surface area contributed by atoms with Gasteiger partial charge in [0.05, 0.1) is 6.04 Å². The fourth-order valence-corrected chi connectivity index (χ4v) is 3.81. The Hall–Kier alpha value is -1.56. The Labute approximate surface area is 151 Å². The molecule has 1 aliphatic rings. The minimum absolute atomic E-state index is 0. The zero-order valence-electron chi connectivity index (χ0n) is 13.3. The fraction of sp³-hybridized carbons (Fsp3) is 0.278. The first-order valence-corrected chi connectivity index (χ1v) is 8.58. The van der Waals surface area contributed by atoms with Crippen LogP contribution in [-0.4, -0.2) is 11.7 Å². The lowest BCUT2D eigenvalue weighted by atomic mass is 10.0. The molecule has 0 spiro atoms. The summed E-state index contributed by atoms with van der Waals surface area (Å²) in [4.78, 5) is 13.5. The van der Waals surface area contributed by atoms with Crippen LogP contribution in [0.15, 0.2) is 47.4 Å². The summed E-state index contributed by atoms with van der Waals surface area (Å²) in [7, 11) is 0. The third kappa shape index (κ3) is 4.09. The second kappa shape index (κ2) is 8.01. The van der Waals surface area contributed by atoms with Crippen LogP contribution in [0.3, 0.4) is 0 Å². The Kier molecular flexibility index (Phi) is 6.27. The number of nitrogens with one attached hydrogen (secondary N) is 1. The standard InChI is InChI=1S/C18H19FN2OS.ClH/c1-11-2-4-12(5-3-11)17(20)18(22)21-15-8-9-23-16-7-6-13(19)10-14(15)16;/h2-7,10,15,17H,8-9,20H2,1H3,(H,21,22);1H. The van der Waals surface area contributed by atoms with E-state index in [2.05, 4.69) is 5.32 Å². The second-order valence-corrected chi connectivity index (χ2v) is 6.91. The quantitative estimate of drug-likeness (QED) is 0.865. The Bertz CT molecular complexity index is 723. The number of carbonyl (C=O) groups excluding carboxylic acids is 1. The van der Waals surface area contributed by atoms with Crippen molar-refractivity contribution in [1.29, 1.82) is 0 Å². The number of fused-ring (bicyclic) bond motifs is 1. The van der Waals surface area contributed by atoms with Crippen LogP contribution >= 0.6 is 24.2 Å². The maximum absolute atomic E-state index is 13.5.